The molecule has 1 N–H and O–H groups in total. The molecule has 0 atom stereocenters. The first-order chi connectivity index (χ1) is 6.29. The smallest absolute Gasteiger partial charge is 0.225 e. The molecule has 0 radical (unpaired) electrons. The fourth-order valence-electron chi connectivity index (χ4n) is 0.641. The fourth-order valence-corrected chi connectivity index (χ4v) is 0.819. The third kappa shape index (κ3) is 4.82. The number of halogens is 2. The zero-order valence-corrected chi connectivity index (χ0v) is 8.16. The van der Waals surface area contributed by atoms with Crippen LogP contribution in [0.15, 0.2) is 12.7 Å². The summed E-state index contributed by atoms with van der Waals surface area (Å²) in [5.41, 5.74) is 0. The van der Waals surface area contributed by atoms with Gasteiger partial charge in [0.25, 0.3) is 0 Å². The number of aromatic nitrogens is 3. The van der Waals surface area contributed by atoms with Crippen molar-refractivity contribution >= 4 is 29.2 Å². The standard InChI is InChI=1S/C6H8Cl2N4O/c7-5(8)13-2-1-10-6-11-3-9-4-12-6/h3-5H,1-2H2,(H,9,10,11,12). The summed E-state index contributed by atoms with van der Waals surface area (Å²) in [4.78, 5) is 11.3. The highest BCUT2D eigenvalue weighted by atomic mass is 35.5. The number of ether oxygens (including phenoxy) is 1. The molecule has 0 unspecified atom stereocenters. The van der Waals surface area contributed by atoms with Gasteiger partial charge in [0.05, 0.1) is 6.61 Å². The number of hydrogen-bond acceptors (Lipinski definition) is 5. The number of hydrogen-bond donors (Lipinski definition) is 1. The van der Waals surface area contributed by atoms with Gasteiger partial charge >= 0.3 is 0 Å². The molecule has 0 aliphatic rings. The Bertz CT molecular complexity index is 233. The Morgan fingerprint density at radius 1 is 1.38 bits per heavy atom. The number of nitrogens with zero attached hydrogens (tertiary/aromatic N) is 3. The molecule has 0 fully saturated rings. The van der Waals surface area contributed by atoms with Crippen molar-refractivity contribution in [1.82, 2.24) is 15.0 Å². The molecule has 0 bridgehead atoms. The Hall–Kier alpha value is -0.650. The molecule has 0 amide bonds. The van der Waals surface area contributed by atoms with Crippen LogP contribution in [0.4, 0.5) is 5.95 Å². The fraction of sp³-hybridized carbons (Fsp3) is 0.500. The summed E-state index contributed by atoms with van der Waals surface area (Å²) >= 11 is 10.7. The lowest BCUT2D eigenvalue weighted by molar-refractivity contribution is 0.165. The van der Waals surface area contributed by atoms with Gasteiger partial charge in [-0.15, -0.1) is 0 Å². The molecule has 13 heavy (non-hydrogen) atoms. The maximum absolute atomic E-state index is 5.33. The van der Waals surface area contributed by atoms with Gasteiger partial charge in [0, 0.05) is 6.54 Å². The monoisotopic (exact) mass is 222 g/mol. The highest BCUT2D eigenvalue weighted by Crippen LogP contribution is 2.02. The summed E-state index contributed by atoms with van der Waals surface area (Å²) in [5, 5.41) is 2.10. The van der Waals surface area contributed by atoms with E-state index >= 15 is 0 Å². The van der Waals surface area contributed by atoms with Crippen molar-refractivity contribution in [1.29, 1.82) is 0 Å². The average molecular weight is 223 g/mol. The molecule has 1 heterocycles. The van der Waals surface area contributed by atoms with Crippen molar-refractivity contribution in [3.05, 3.63) is 12.7 Å². The van der Waals surface area contributed by atoms with Gasteiger partial charge in [-0.1, -0.05) is 23.2 Å². The van der Waals surface area contributed by atoms with Crippen molar-refractivity contribution in [2.45, 2.75) is 5.02 Å². The zero-order chi connectivity index (χ0) is 9.52. The molecule has 7 heteroatoms. The molecule has 5 nitrogen and oxygen atoms in total. The van der Waals surface area contributed by atoms with E-state index in [-0.39, 0.29) is 0 Å². The predicted molar refractivity (Wildman–Crippen MR) is 49.8 cm³/mol. The SMILES string of the molecule is ClC(Cl)OCCNc1ncncn1. The summed E-state index contributed by atoms with van der Waals surface area (Å²) in [6.07, 6.45) is 2.81. The van der Waals surface area contributed by atoms with E-state index in [2.05, 4.69) is 20.3 Å². The quantitative estimate of drug-likeness (QED) is 0.597. The van der Waals surface area contributed by atoms with Crippen molar-refractivity contribution in [2.24, 2.45) is 0 Å². The molecule has 0 aliphatic heterocycles. The second-order valence-electron chi connectivity index (χ2n) is 2.02. The van der Waals surface area contributed by atoms with Gasteiger partial charge in [0.1, 0.15) is 12.7 Å². The molecule has 0 saturated carbocycles. The minimum Gasteiger partial charge on any atom is -0.352 e. The Kier molecular flexibility index (Phi) is 4.74. The Balaban J connectivity index is 2.13. The largest absolute Gasteiger partial charge is 0.352 e. The summed E-state index contributed by atoms with van der Waals surface area (Å²) in [6.45, 7) is 0.934. The van der Waals surface area contributed by atoms with Gasteiger partial charge in [-0.2, -0.15) is 0 Å². The minimum atomic E-state index is -0.792. The molecule has 1 aromatic heterocycles. The highest BCUT2D eigenvalue weighted by Gasteiger charge is 1.97. The average Bonchev–Trinajstić information content (AvgIpc) is 2.14. The molecule has 0 spiro atoms. The van der Waals surface area contributed by atoms with Crippen LogP contribution in [0.1, 0.15) is 0 Å². The van der Waals surface area contributed by atoms with Gasteiger partial charge < -0.3 is 10.1 Å². The predicted octanol–water partition coefficient (Wildman–Crippen LogP) is 1.06. The van der Waals surface area contributed by atoms with E-state index in [4.69, 9.17) is 27.9 Å². The Morgan fingerprint density at radius 3 is 2.69 bits per heavy atom. The third-order valence-electron chi connectivity index (χ3n) is 1.12. The first-order valence-corrected chi connectivity index (χ1v) is 4.42. The number of anilines is 1. The molecule has 1 aromatic rings. The van der Waals surface area contributed by atoms with Crippen LogP contribution in [-0.4, -0.2) is 33.1 Å². The molecule has 0 aliphatic carbocycles. The van der Waals surface area contributed by atoms with E-state index in [1.54, 1.807) is 0 Å². The van der Waals surface area contributed by atoms with Crippen LogP contribution in [-0.2, 0) is 4.74 Å². The van der Waals surface area contributed by atoms with Crippen molar-refractivity contribution in [3.63, 3.8) is 0 Å². The van der Waals surface area contributed by atoms with E-state index in [0.29, 0.717) is 19.1 Å². The second-order valence-corrected chi connectivity index (χ2v) is 3.04. The first-order valence-electron chi connectivity index (χ1n) is 3.54. The number of rotatable bonds is 5. The highest BCUT2D eigenvalue weighted by molar-refractivity contribution is 6.43. The lowest BCUT2D eigenvalue weighted by atomic mass is 10.7. The minimum absolute atomic E-state index is 0.392. The van der Waals surface area contributed by atoms with Crippen molar-refractivity contribution in [3.8, 4) is 0 Å². The van der Waals surface area contributed by atoms with Crippen molar-refractivity contribution < 1.29 is 4.74 Å². The molecule has 72 valence electrons. The summed E-state index contributed by atoms with van der Waals surface area (Å²) in [5.74, 6) is 0.499. The van der Waals surface area contributed by atoms with Crippen LogP contribution in [0.2, 0.25) is 0 Å². The first kappa shape index (κ1) is 10.4. The number of alkyl halides is 2. The molecular formula is C6H8Cl2N4O. The van der Waals surface area contributed by atoms with E-state index in [0.717, 1.165) is 0 Å². The topological polar surface area (TPSA) is 59.9 Å². The summed E-state index contributed by atoms with van der Waals surface area (Å²) < 4.78 is 4.86. The van der Waals surface area contributed by atoms with Gasteiger partial charge in [0.15, 0.2) is 0 Å². The van der Waals surface area contributed by atoms with Crippen LogP contribution < -0.4 is 5.32 Å². The summed E-state index contributed by atoms with van der Waals surface area (Å²) in [7, 11) is 0. The van der Waals surface area contributed by atoms with E-state index in [9.17, 15) is 0 Å². The number of nitrogens with one attached hydrogen (secondary N) is 1. The van der Waals surface area contributed by atoms with Gasteiger partial charge in [-0.25, -0.2) is 15.0 Å². The van der Waals surface area contributed by atoms with Crippen molar-refractivity contribution in [2.75, 3.05) is 18.5 Å². The lowest BCUT2D eigenvalue weighted by Crippen LogP contribution is -2.12. The van der Waals surface area contributed by atoms with E-state index < -0.39 is 5.02 Å². The third-order valence-corrected chi connectivity index (χ3v) is 1.37. The molecular weight excluding hydrogens is 215 g/mol. The lowest BCUT2D eigenvalue weighted by Gasteiger charge is -2.04. The normalized spacial score (nSPS) is 10.4. The summed E-state index contributed by atoms with van der Waals surface area (Å²) in [6, 6.07) is 0. The Labute approximate surface area is 85.5 Å². The van der Waals surface area contributed by atoms with Crippen LogP contribution in [0.5, 0.6) is 0 Å². The van der Waals surface area contributed by atoms with Crippen LogP contribution in [0.3, 0.4) is 0 Å². The van der Waals surface area contributed by atoms with Crippen LogP contribution in [0.25, 0.3) is 0 Å². The maximum Gasteiger partial charge on any atom is 0.225 e. The molecule has 0 saturated heterocycles. The Morgan fingerprint density at radius 2 is 2.08 bits per heavy atom. The van der Waals surface area contributed by atoms with E-state index in [1.165, 1.54) is 12.7 Å². The van der Waals surface area contributed by atoms with E-state index in [1.807, 2.05) is 0 Å². The molecule has 1 rings (SSSR count). The van der Waals surface area contributed by atoms with Crippen LogP contribution in [0, 0.1) is 0 Å². The maximum atomic E-state index is 5.33. The van der Waals surface area contributed by atoms with Gasteiger partial charge in [-0.05, 0) is 0 Å². The zero-order valence-electron chi connectivity index (χ0n) is 6.65. The second kappa shape index (κ2) is 5.90. The van der Waals surface area contributed by atoms with Gasteiger partial charge in [0.2, 0.25) is 11.0 Å². The van der Waals surface area contributed by atoms with Gasteiger partial charge in [-0.3, -0.25) is 0 Å². The molecule has 0 aromatic carbocycles. The van der Waals surface area contributed by atoms with Crippen LogP contribution >= 0.6 is 23.2 Å².